The highest BCUT2D eigenvalue weighted by molar-refractivity contribution is 9.10. The lowest BCUT2D eigenvalue weighted by Gasteiger charge is -2.12. The summed E-state index contributed by atoms with van der Waals surface area (Å²) in [4.78, 5) is 16.7. The highest BCUT2D eigenvalue weighted by atomic mass is 79.9. The largest absolute Gasteiger partial charge is 0.494 e. The molecule has 0 atom stereocenters. The van der Waals surface area contributed by atoms with Crippen molar-refractivity contribution in [2.75, 3.05) is 18.5 Å². The second kappa shape index (κ2) is 8.71. The van der Waals surface area contributed by atoms with Gasteiger partial charge in [0, 0.05) is 4.47 Å². The van der Waals surface area contributed by atoms with Crippen LogP contribution in [-0.4, -0.2) is 24.1 Å². The minimum atomic E-state index is -0.238. The minimum absolute atomic E-state index is 0.0654. The van der Waals surface area contributed by atoms with E-state index in [1.165, 1.54) is 11.3 Å². The van der Waals surface area contributed by atoms with E-state index in [-0.39, 0.29) is 12.5 Å². The number of aromatic nitrogens is 1. The maximum atomic E-state index is 12.3. The second-order valence-corrected chi connectivity index (χ2v) is 8.15. The molecule has 1 N–H and O–H groups in total. The van der Waals surface area contributed by atoms with Crippen LogP contribution in [0.2, 0.25) is 0 Å². The maximum absolute atomic E-state index is 12.3. The zero-order valence-electron chi connectivity index (χ0n) is 15.5. The van der Waals surface area contributed by atoms with Crippen molar-refractivity contribution < 1.29 is 14.3 Å². The lowest BCUT2D eigenvalue weighted by Crippen LogP contribution is -2.20. The van der Waals surface area contributed by atoms with E-state index >= 15 is 0 Å². The first-order chi connectivity index (χ1) is 13.0. The molecule has 0 aliphatic carbocycles. The number of amides is 1. The molecule has 0 unspecified atom stereocenters. The molecule has 0 bridgehead atoms. The first-order valence-corrected chi connectivity index (χ1v) is 10.3. The first-order valence-electron chi connectivity index (χ1n) is 8.69. The molecule has 0 radical (unpaired) electrons. The number of ether oxygens (including phenoxy) is 2. The fraction of sp³-hybridized carbons (Fsp3) is 0.300. The van der Waals surface area contributed by atoms with E-state index in [0.717, 1.165) is 43.7 Å². The number of hydrogen-bond donors (Lipinski definition) is 1. The summed E-state index contributed by atoms with van der Waals surface area (Å²) in [5.41, 5.74) is 2.79. The molecule has 0 spiro atoms. The third-order valence-corrected chi connectivity index (χ3v) is 5.24. The lowest BCUT2D eigenvalue weighted by molar-refractivity contribution is -0.118. The van der Waals surface area contributed by atoms with Gasteiger partial charge in [-0.1, -0.05) is 34.2 Å². The van der Waals surface area contributed by atoms with Crippen molar-refractivity contribution in [3.8, 4) is 11.5 Å². The van der Waals surface area contributed by atoms with Gasteiger partial charge in [-0.25, -0.2) is 4.98 Å². The highest BCUT2D eigenvalue weighted by Gasteiger charge is 2.12. The molecule has 7 heteroatoms. The van der Waals surface area contributed by atoms with Crippen LogP contribution in [0.5, 0.6) is 11.5 Å². The van der Waals surface area contributed by atoms with Crippen LogP contribution in [0.15, 0.2) is 34.8 Å². The number of benzene rings is 2. The molecule has 142 valence electrons. The summed E-state index contributed by atoms with van der Waals surface area (Å²) in [6, 6.07) is 9.67. The molecule has 1 heterocycles. The monoisotopic (exact) mass is 448 g/mol. The first kappa shape index (κ1) is 19.6. The van der Waals surface area contributed by atoms with Gasteiger partial charge in [0.1, 0.15) is 11.5 Å². The molecule has 0 fully saturated rings. The molecule has 3 aromatic rings. The summed E-state index contributed by atoms with van der Waals surface area (Å²) in [5.74, 6) is 1.31. The summed E-state index contributed by atoms with van der Waals surface area (Å²) >= 11 is 4.87. The predicted molar refractivity (Wildman–Crippen MR) is 113 cm³/mol. The van der Waals surface area contributed by atoms with Gasteiger partial charge in [-0.15, -0.1) is 0 Å². The van der Waals surface area contributed by atoms with Crippen LogP contribution in [0.1, 0.15) is 24.5 Å². The summed E-state index contributed by atoms with van der Waals surface area (Å²) in [6.07, 6.45) is 0.958. The van der Waals surface area contributed by atoms with Gasteiger partial charge in [0.25, 0.3) is 5.91 Å². The van der Waals surface area contributed by atoms with Crippen molar-refractivity contribution in [1.82, 2.24) is 4.98 Å². The quantitative estimate of drug-likeness (QED) is 0.519. The Morgan fingerprint density at radius 2 is 1.93 bits per heavy atom. The number of fused-ring (bicyclic) bond motifs is 1. The number of aryl methyl sites for hydroxylation is 2. The third kappa shape index (κ3) is 4.99. The van der Waals surface area contributed by atoms with Crippen LogP contribution in [0.3, 0.4) is 0 Å². The van der Waals surface area contributed by atoms with Gasteiger partial charge in [-0.3, -0.25) is 10.1 Å². The zero-order valence-corrected chi connectivity index (χ0v) is 17.9. The number of carbonyl (C=O) groups is 1. The van der Waals surface area contributed by atoms with Crippen molar-refractivity contribution in [3.63, 3.8) is 0 Å². The van der Waals surface area contributed by atoms with Crippen LogP contribution in [-0.2, 0) is 4.79 Å². The molecule has 3 rings (SSSR count). The Balaban J connectivity index is 1.64. The smallest absolute Gasteiger partial charge is 0.264 e. The van der Waals surface area contributed by atoms with E-state index in [9.17, 15) is 4.79 Å². The number of halogens is 1. The average molecular weight is 449 g/mol. The third-order valence-electron chi connectivity index (χ3n) is 3.85. The average Bonchev–Trinajstić information content (AvgIpc) is 3.00. The van der Waals surface area contributed by atoms with Crippen molar-refractivity contribution >= 4 is 48.5 Å². The Bertz CT molecular complexity index is 948. The Kier molecular flexibility index (Phi) is 6.34. The zero-order chi connectivity index (χ0) is 19.4. The van der Waals surface area contributed by atoms with Crippen LogP contribution >= 0.6 is 27.3 Å². The summed E-state index contributed by atoms with van der Waals surface area (Å²) in [7, 11) is 0. The predicted octanol–water partition coefficient (Wildman–Crippen LogP) is 5.48. The molecule has 5 nitrogen and oxygen atoms in total. The molecular weight excluding hydrogens is 428 g/mol. The fourth-order valence-electron chi connectivity index (χ4n) is 2.69. The normalized spacial score (nSPS) is 10.8. The Labute approximate surface area is 170 Å². The SMILES string of the molecule is CCCOc1ccc2nc(NC(=O)COc3c(C)cc(Br)cc3C)sc2c1. The number of anilines is 1. The Morgan fingerprint density at radius 1 is 1.19 bits per heavy atom. The van der Waals surface area contributed by atoms with Crippen molar-refractivity contribution in [3.05, 3.63) is 45.9 Å². The Morgan fingerprint density at radius 3 is 2.63 bits per heavy atom. The van der Waals surface area contributed by atoms with E-state index in [0.29, 0.717) is 11.7 Å². The van der Waals surface area contributed by atoms with Gasteiger partial charge in [0.05, 0.1) is 16.8 Å². The molecule has 0 saturated heterocycles. The standard InChI is InChI=1S/C20H21BrN2O3S/c1-4-7-25-15-5-6-16-17(10-15)27-20(22-16)23-18(24)11-26-19-12(2)8-14(21)9-13(19)3/h5-6,8-10H,4,7,11H2,1-3H3,(H,22,23,24). The lowest BCUT2D eigenvalue weighted by atomic mass is 10.1. The summed E-state index contributed by atoms with van der Waals surface area (Å²) in [5, 5.41) is 3.36. The molecule has 0 saturated carbocycles. The van der Waals surface area contributed by atoms with Gasteiger partial charge in [-0.2, -0.15) is 0 Å². The van der Waals surface area contributed by atoms with Crippen LogP contribution in [0.4, 0.5) is 5.13 Å². The molecule has 1 aromatic heterocycles. The van der Waals surface area contributed by atoms with Crippen molar-refractivity contribution in [2.45, 2.75) is 27.2 Å². The van der Waals surface area contributed by atoms with E-state index < -0.39 is 0 Å². The summed E-state index contributed by atoms with van der Waals surface area (Å²) in [6.45, 7) is 6.59. The molecule has 0 aliphatic rings. The summed E-state index contributed by atoms with van der Waals surface area (Å²) < 4.78 is 13.3. The highest BCUT2D eigenvalue weighted by Crippen LogP contribution is 2.30. The van der Waals surface area contributed by atoms with E-state index in [1.807, 2.05) is 44.2 Å². The van der Waals surface area contributed by atoms with Crippen LogP contribution in [0, 0.1) is 13.8 Å². The van der Waals surface area contributed by atoms with E-state index in [4.69, 9.17) is 9.47 Å². The number of nitrogens with one attached hydrogen (secondary N) is 1. The van der Waals surface area contributed by atoms with Gasteiger partial charge in [0.2, 0.25) is 0 Å². The van der Waals surface area contributed by atoms with Crippen molar-refractivity contribution in [2.24, 2.45) is 0 Å². The van der Waals surface area contributed by atoms with Crippen LogP contribution in [0.25, 0.3) is 10.2 Å². The van der Waals surface area contributed by atoms with E-state index in [1.54, 1.807) is 0 Å². The minimum Gasteiger partial charge on any atom is -0.494 e. The topological polar surface area (TPSA) is 60.5 Å². The van der Waals surface area contributed by atoms with E-state index in [2.05, 4.69) is 33.2 Å². The second-order valence-electron chi connectivity index (χ2n) is 6.20. The number of rotatable bonds is 7. The number of nitrogens with zero attached hydrogens (tertiary/aromatic N) is 1. The molecular formula is C20H21BrN2O3S. The number of hydrogen-bond acceptors (Lipinski definition) is 5. The van der Waals surface area contributed by atoms with Gasteiger partial charge in [0.15, 0.2) is 11.7 Å². The molecule has 1 amide bonds. The maximum Gasteiger partial charge on any atom is 0.264 e. The van der Waals surface area contributed by atoms with Gasteiger partial charge < -0.3 is 9.47 Å². The molecule has 27 heavy (non-hydrogen) atoms. The number of carbonyl (C=O) groups excluding carboxylic acids is 1. The van der Waals surface area contributed by atoms with Gasteiger partial charge >= 0.3 is 0 Å². The number of thiazole rings is 1. The molecule has 0 aliphatic heterocycles. The fourth-order valence-corrected chi connectivity index (χ4v) is 4.28. The Hall–Kier alpha value is -2.12. The molecule has 2 aromatic carbocycles. The van der Waals surface area contributed by atoms with Crippen LogP contribution < -0.4 is 14.8 Å². The van der Waals surface area contributed by atoms with Crippen molar-refractivity contribution in [1.29, 1.82) is 0 Å². The van der Waals surface area contributed by atoms with Gasteiger partial charge in [-0.05, 0) is 61.7 Å².